The Hall–Kier alpha value is -0.500. The van der Waals surface area contributed by atoms with Gasteiger partial charge >= 0.3 is 0 Å². The van der Waals surface area contributed by atoms with Crippen molar-refractivity contribution in [3.05, 3.63) is 69.6 Å². The molecule has 0 atom stereocenters. The highest BCUT2D eigenvalue weighted by atomic mass is 79.9. The highest BCUT2D eigenvalue weighted by Gasteiger charge is 1.75. The van der Waals surface area contributed by atoms with Crippen LogP contribution in [-0.2, 0) is 4.57 Å². The van der Waals surface area contributed by atoms with Crippen molar-refractivity contribution in [2.45, 2.75) is 0 Å². The number of halogens is 2. The quantitative estimate of drug-likeness (QED) is 0.576. The zero-order valence-electron chi connectivity index (χ0n) is 8.44. The molecule has 0 saturated carbocycles. The molecule has 2 aromatic carbocycles. The van der Waals surface area contributed by atoms with E-state index in [1.54, 1.807) is 9.12 Å². The predicted molar refractivity (Wildman–Crippen MR) is 77.3 cm³/mol. The second kappa shape index (κ2) is 11.0. The third-order valence-electron chi connectivity index (χ3n) is 1.47. The van der Waals surface area contributed by atoms with Crippen molar-refractivity contribution in [1.82, 2.24) is 0 Å². The van der Waals surface area contributed by atoms with E-state index in [1.165, 1.54) is 0 Å². The van der Waals surface area contributed by atoms with E-state index in [0.29, 0.717) is 0 Å². The van der Waals surface area contributed by atoms with E-state index in [-0.39, 0.29) is 0 Å². The molecule has 2 rings (SSSR count). The first-order chi connectivity index (χ1) is 7.79. The Morgan fingerprint density at radius 3 is 1.00 bits per heavy atom. The fourth-order valence-corrected chi connectivity index (χ4v) is 1.44. The summed E-state index contributed by atoms with van der Waals surface area (Å²) in [5.74, 6) is 0. The SMILES string of the molecule is Brc1ccccc1.Brc1ccccc1.O=P. The van der Waals surface area contributed by atoms with Gasteiger partial charge in [-0.1, -0.05) is 68.3 Å². The zero-order valence-corrected chi connectivity index (χ0v) is 12.6. The second-order valence-electron chi connectivity index (χ2n) is 2.59. The van der Waals surface area contributed by atoms with Crippen molar-refractivity contribution in [2.75, 3.05) is 0 Å². The van der Waals surface area contributed by atoms with Crippen LogP contribution < -0.4 is 0 Å². The molecule has 84 valence electrons. The summed E-state index contributed by atoms with van der Waals surface area (Å²) in [6.45, 7) is 0. The van der Waals surface area contributed by atoms with E-state index in [4.69, 9.17) is 4.57 Å². The largest absolute Gasteiger partial charge is 0.279 e. The van der Waals surface area contributed by atoms with Gasteiger partial charge in [0.05, 0.1) is 0 Å². The van der Waals surface area contributed by atoms with Gasteiger partial charge in [0.2, 0.25) is 0 Å². The van der Waals surface area contributed by atoms with Crippen LogP contribution >= 0.6 is 41.0 Å². The van der Waals surface area contributed by atoms with Crippen molar-refractivity contribution in [3.63, 3.8) is 0 Å². The highest BCUT2D eigenvalue weighted by molar-refractivity contribution is 9.10. The minimum Gasteiger partial charge on any atom is -0.279 e. The van der Waals surface area contributed by atoms with Gasteiger partial charge in [-0.3, -0.25) is 4.57 Å². The van der Waals surface area contributed by atoms with Crippen LogP contribution in [0.25, 0.3) is 0 Å². The molecule has 0 aromatic heterocycles. The number of benzene rings is 2. The first kappa shape index (κ1) is 15.5. The lowest BCUT2D eigenvalue weighted by Gasteiger charge is -1.80. The Morgan fingerprint density at radius 2 is 0.875 bits per heavy atom. The standard InChI is InChI=1S/2C6H5Br.HOP/c2*7-6-4-2-1-3-5-6;1-2/h2*1-5H;2H. The van der Waals surface area contributed by atoms with Crippen LogP contribution in [0.1, 0.15) is 0 Å². The van der Waals surface area contributed by atoms with Crippen molar-refractivity contribution < 1.29 is 4.57 Å². The molecular formula is C12H11Br2OP. The van der Waals surface area contributed by atoms with Gasteiger partial charge in [0, 0.05) is 8.95 Å². The molecule has 0 amide bonds. The first-order valence-electron chi connectivity index (χ1n) is 4.40. The Labute approximate surface area is 115 Å². The number of hydrogen-bond acceptors (Lipinski definition) is 1. The molecule has 4 heteroatoms. The topological polar surface area (TPSA) is 17.1 Å². The molecule has 0 unspecified atom stereocenters. The monoisotopic (exact) mass is 360 g/mol. The minimum atomic E-state index is 1.13. The smallest absolute Gasteiger partial charge is 0.138 e. The minimum absolute atomic E-state index is 1.13. The van der Waals surface area contributed by atoms with E-state index < -0.39 is 0 Å². The Kier molecular flexibility index (Phi) is 10.7. The lowest BCUT2D eigenvalue weighted by atomic mass is 10.4. The summed E-state index contributed by atoms with van der Waals surface area (Å²) < 4.78 is 10.3. The zero-order chi connectivity index (χ0) is 12.2. The van der Waals surface area contributed by atoms with Crippen LogP contribution in [0.3, 0.4) is 0 Å². The van der Waals surface area contributed by atoms with Gasteiger partial charge in [0.25, 0.3) is 0 Å². The van der Waals surface area contributed by atoms with Gasteiger partial charge in [-0.25, -0.2) is 0 Å². The molecule has 1 nitrogen and oxygen atoms in total. The second-order valence-corrected chi connectivity index (χ2v) is 4.42. The molecular weight excluding hydrogens is 351 g/mol. The Bertz CT molecular complexity index is 330. The third kappa shape index (κ3) is 8.78. The molecule has 0 radical (unpaired) electrons. The molecule has 2 aromatic rings. The van der Waals surface area contributed by atoms with Crippen molar-refractivity contribution in [2.24, 2.45) is 0 Å². The molecule has 0 saturated heterocycles. The fraction of sp³-hybridized carbons (Fsp3) is 0. The molecule has 0 spiro atoms. The van der Waals surface area contributed by atoms with Gasteiger partial charge in [-0.05, 0) is 24.3 Å². The van der Waals surface area contributed by atoms with E-state index in [2.05, 4.69) is 31.9 Å². The molecule has 0 aliphatic rings. The first-order valence-corrected chi connectivity index (χ1v) is 6.40. The maximum absolute atomic E-state index is 8.06. The van der Waals surface area contributed by atoms with Crippen LogP contribution in [-0.4, -0.2) is 0 Å². The van der Waals surface area contributed by atoms with Gasteiger partial charge in [-0.15, -0.1) is 0 Å². The lowest BCUT2D eigenvalue weighted by molar-refractivity contribution is 0.607. The average Bonchev–Trinajstić information content (AvgIpc) is 2.34. The van der Waals surface area contributed by atoms with E-state index in [9.17, 15) is 0 Å². The average molecular weight is 362 g/mol. The van der Waals surface area contributed by atoms with Gasteiger partial charge in [0.1, 0.15) is 9.12 Å². The van der Waals surface area contributed by atoms with Crippen molar-refractivity contribution >= 4 is 41.0 Å². The van der Waals surface area contributed by atoms with E-state index in [0.717, 1.165) is 8.95 Å². The Balaban J connectivity index is 0.000000244. The molecule has 16 heavy (non-hydrogen) atoms. The summed E-state index contributed by atoms with van der Waals surface area (Å²) in [7, 11) is 1.72. The van der Waals surface area contributed by atoms with E-state index >= 15 is 0 Å². The summed E-state index contributed by atoms with van der Waals surface area (Å²) >= 11 is 6.62. The van der Waals surface area contributed by atoms with Crippen LogP contribution in [0.15, 0.2) is 69.6 Å². The maximum Gasteiger partial charge on any atom is 0.138 e. The van der Waals surface area contributed by atoms with Crippen LogP contribution in [0.2, 0.25) is 0 Å². The van der Waals surface area contributed by atoms with Gasteiger partial charge in [-0.2, -0.15) is 0 Å². The summed E-state index contributed by atoms with van der Waals surface area (Å²) in [6, 6.07) is 19.9. The molecule has 0 bridgehead atoms. The fourth-order valence-electron chi connectivity index (χ4n) is 0.829. The number of rotatable bonds is 0. The lowest BCUT2D eigenvalue weighted by Crippen LogP contribution is -1.55. The number of hydrogen-bond donors (Lipinski definition) is 0. The molecule has 0 aliphatic carbocycles. The molecule has 0 N–H and O–H groups in total. The summed E-state index contributed by atoms with van der Waals surface area (Å²) in [5.41, 5.74) is 0. The third-order valence-corrected chi connectivity index (χ3v) is 2.52. The normalized spacial score (nSPS) is 7.88. The summed E-state index contributed by atoms with van der Waals surface area (Å²) in [4.78, 5) is 0. The molecule has 0 heterocycles. The van der Waals surface area contributed by atoms with E-state index in [1.807, 2.05) is 60.7 Å². The van der Waals surface area contributed by atoms with Crippen molar-refractivity contribution in [1.29, 1.82) is 0 Å². The molecule has 0 fully saturated rings. The summed E-state index contributed by atoms with van der Waals surface area (Å²) in [6.07, 6.45) is 0. The van der Waals surface area contributed by atoms with Crippen LogP contribution in [0, 0.1) is 0 Å². The van der Waals surface area contributed by atoms with Gasteiger partial charge < -0.3 is 0 Å². The summed E-state index contributed by atoms with van der Waals surface area (Å²) in [5, 5.41) is 0. The molecule has 0 aliphatic heterocycles. The van der Waals surface area contributed by atoms with Crippen molar-refractivity contribution in [3.8, 4) is 0 Å². The van der Waals surface area contributed by atoms with Gasteiger partial charge in [0.15, 0.2) is 0 Å². The highest BCUT2D eigenvalue weighted by Crippen LogP contribution is 2.05. The Morgan fingerprint density at radius 1 is 0.625 bits per heavy atom. The predicted octanol–water partition coefficient (Wildman–Crippen LogP) is 5.37. The van der Waals surface area contributed by atoms with Crippen LogP contribution in [0.5, 0.6) is 0 Å². The maximum atomic E-state index is 8.06. The van der Waals surface area contributed by atoms with Crippen LogP contribution in [0.4, 0.5) is 0 Å².